The Morgan fingerprint density at radius 2 is 2.06 bits per heavy atom. The van der Waals surface area contributed by atoms with Crippen molar-refractivity contribution in [2.24, 2.45) is 0 Å². The summed E-state index contributed by atoms with van der Waals surface area (Å²) in [6.45, 7) is 6.30. The van der Waals surface area contributed by atoms with E-state index in [1.807, 2.05) is 30.3 Å². The average Bonchev–Trinajstić information content (AvgIpc) is 2.36. The molecule has 2 unspecified atom stereocenters. The molecule has 0 aliphatic rings. The third kappa shape index (κ3) is 4.59. The van der Waals surface area contributed by atoms with Gasteiger partial charge in [-0.1, -0.05) is 18.2 Å². The summed E-state index contributed by atoms with van der Waals surface area (Å²) in [5, 5.41) is 13.2. The molecule has 1 rings (SSSR count). The first kappa shape index (κ1) is 13.7. The molecule has 0 spiro atoms. The fourth-order valence-electron chi connectivity index (χ4n) is 1.59. The van der Waals surface area contributed by atoms with Crippen molar-refractivity contribution in [2.45, 2.75) is 25.5 Å². The van der Waals surface area contributed by atoms with Gasteiger partial charge >= 0.3 is 0 Å². The largest absolute Gasteiger partial charge is 0.497 e. The molecule has 0 heterocycles. The lowest BCUT2D eigenvalue weighted by atomic mass is 10.1. The molecule has 0 aliphatic heterocycles. The van der Waals surface area contributed by atoms with Crippen molar-refractivity contribution >= 4 is 0 Å². The lowest BCUT2D eigenvalue weighted by Crippen LogP contribution is -2.29. The quantitative estimate of drug-likeness (QED) is 0.712. The smallest absolute Gasteiger partial charge is 0.118 e. The predicted molar refractivity (Wildman–Crippen MR) is 70.2 cm³/mol. The molecule has 2 N–H and O–H groups in total. The molecule has 0 radical (unpaired) electrons. The minimum absolute atomic E-state index is 0.334. The van der Waals surface area contributed by atoms with Crippen molar-refractivity contribution in [3.8, 4) is 5.75 Å². The monoisotopic (exact) mass is 235 g/mol. The summed E-state index contributed by atoms with van der Waals surface area (Å²) in [5.41, 5.74) is 0.893. The molecule has 3 heteroatoms. The van der Waals surface area contributed by atoms with Gasteiger partial charge in [0.1, 0.15) is 5.75 Å². The van der Waals surface area contributed by atoms with Crippen molar-refractivity contribution in [2.75, 3.05) is 13.7 Å². The molecule has 0 aromatic heterocycles. The van der Waals surface area contributed by atoms with E-state index in [0.29, 0.717) is 12.6 Å². The van der Waals surface area contributed by atoms with E-state index in [1.54, 1.807) is 7.11 Å². The van der Waals surface area contributed by atoms with E-state index >= 15 is 0 Å². The van der Waals surface area contributed by atoms with Gasteiger partial charge in [-0.05, 0) is 31.0 Å². The van der Waals surface area contributed by atoms with Crippen LogP contribution in [0.3, 0.4) is 0 Å². The Kier molecular flexibility index (Phi) is 5.73. The van der Waals surface area contributed by atoms with E-state index in [1.165, 1.54) is 0 Å². The maximum atomic E-state index is 9.97. The van der Waals surface area contributed by atoms with Gasteiger partial charge in [-0.3, -0.25) is 0 Å². The van der Waals surface area contributed by atoms with Crippen LogP contribution < -0.4 is 10.1 Å². The number of benzene rings is 1. The minimum atomic E-state index is -0.492. The predicted octanol–water partition coefficient (Wildman–Crippen LogP) is 2.28. The second kappa shape index (κ2) is 7.09. The molecule has 0 amide bonds. The molecular formula is C14H21NO2. The van der Waals surface area contributed by atoms with Crippen LogP contribution in [0.2, 0.25) is 0 Å². The summed E-state index contributed by atoms with van der Waals surface area (Å²) in [7, 11) is 1.63. The lowest BCUT2D eigenvalue weighted by Gasteiger charge is -2.16. The molecule has 2 atom stereocenters. The summed E-state index contributed by atoms with van der Waals surface area (Å²) >= 11 is 0. The van der Waals surface area contributed by atoms with E-state index in [9.17, 15) is 5.11 Å². The number of ether oxygens (including phenoxy) is 1. The van der Waals surface area contributed by atoms with Crippen molar-refractivity contribution in [1.82, 2.24) is 5.32 Å². The first-order chi connectivity index (χ1) is 8.17. The minimum Gasteiger partial charge on any atom is -0.497 e. The van der Waals surface area contributed by atoms with Crippen LogP contribution in [0, 0.1) is 0 Å². The number of hydrogen-bond acceptors (Lipinski definition) is 3. The number of hydrogen-bond donors (Lipinski definition) is 2. The van der Waals surface area contributed by atoms with Crippen LogP contribution in [0.4, 0.5) is 0 Å². The highest BCUT2D eigenvalue weighted by molar-refractivity contribution is 5.28. The van der Waals surface area contributed by atoms with Gasteiger partial charge in [0, 0.05) is 12.6 Å². The van der Waals surface area contributed by atoms with Gasteiger partial charge in [0.15, 0.2) is 0 Å². The Labute approximate surface area is 103 Å². The Hall–Kier alpha value is -1.32. The van der Waals surface area contributed by atoms with Gasteiger partial charge in [0.25, 0.3) is 0 Å². The first-order valence-electron chi connectivity index (χ1n) is 5.83. The van der Waals surface area contributed by atoms with Crippen molar-refractivity contribution in [1.29, 1.82) is 0 Å². The molecule has 0 fully saturated rings. The van der Waals surface area contributed by atoms with E-state index in [4.69, 9.17) is 4.74 Å². The van der Waals surface area contributed by atoms with Crippen LogP contribution in [0.5, 0.6) is 5.75 Å². The molecule has 0 saturated heterocycles. The lowest BCUT2D eigenvalue weighted by molar-refractivity contribution is 0.170. The van der Waals surface area contributed by atoms with Crippen LogP contribution in [0.1, 0.15) is 25.0 Å². The van der Waals surface area contributed by atoms with E-state index in [2.05, 4.69) is 18.8 Å². The third-order valence-corrected chi connectivity index (χ3v) is 2.68. The van der Waals surface area contributed by atoms with Gasteiger partial charge in [0.2, 0.25) is 0 Å². The maximum absolute atomic E-state index is 9.97. The highest BCUT2D eigenvalue weighted by Gasteiger charge is 2.08. The Morgan fingerprint density at radius 3 is 2.59 bits per heavy atom. The highest BCUT2D eigenvalue weighted by atomic mass is 16.5. The average molecular weight is 235 g/mol. The second-order valence-corrected chi connectivity index (χ2v) is 4.12. The zero-order chi connectivity index (χ0) is 12.7. The van der Waals surface area contributed by atoms with Crippen LogP contribution in [-0.2, 0) is 0 Å². The standard InChI is InChI=1S/C14H21NO2/c1-4-5-11(2)15-10-14(16)12-6-8-13(17-3)9-7-12/h4,6-9,11,14-16H,1,5,10H2,2-3H3. The third-order valence-electron chi connectivity index (χ3n) is 2.68. The van der Waals surface area contributed by atoms with E-state index < -0.39 is 6.10 Å². The highest BCUT2D eigenvalue weighted by Crippen LogP contribution is 2.17. The van der Waals surface area contributed by atoms with Gasteiger partial charge in [-0.25, -0.2) is 0 Å². The summed E-state index contributed by atoms with van der Waals surface area (Å²) in [6.07, 6.45) is 2.28. The van der Waals surface area contributed by atoms with Crippen LogP contribution in [0.25, 0.3) is 0 Å². The number of nitrogens with one attached hydrogen (secondary N) is 1. The maximum Gasteiger partial charge on any atom is 0.118 e. The molecule has 0 aliphatic carbocycles. The van der Waals surface area contributed by atoms with Crippen molar-refractivity contribution in [3.63, 3.8) is 0 Å². The summed E-state index contributed by atoms with van der Waals surface area (Å²) in [4.78, 5) is 0. The van der Waals surface area contributed by atoms with Gasteiger partial charge in [0.05, 0.1) is 13.2 Å². The number of rotatable bonds is 7. The molecule has 17 heavy (non-hydrogen) atoms. The Morgan fingerprint density at radius 1 is 1.41 bits per heavy atom. The normalized spacial score (nSPS) is 14.1. The Balaban J connectivity index is 2.45. The van der Waals surface area contributed by atoms with Crippen LogP contribution in [-0.4, -0.2) is 24.8 Å². The summed E-state index contributed by atoms with van der Waals surface area (Å²) in [5.74, 6) is 0.800. The molecule has 0 saturated carbocycles. The van der Waals surface area contributed by atoms with Gasteiger partial charge in [-0.15, -0.1) is 6.58 Å². The van der Waals surface area contributed by atoms with Gasteiger partial charge < -0.3 is 15.2 Å². The van der Waals surface area contributed by atoms with Gasteiger partial charge in [-0.2, -0.15) is 0 Å². The van der Waals surface area contributed by atoms with Crippen LogP contribution >= 0.6 is 0 Å². The molecule has 1 aromatic carbocycles. The molecule has 0 bridgehead atoms. The first-order valence-corrected chi connectivity index (χ1v) is 5.83. The summed E-state index contributed by atoms with van der Waals surface area (Å²) < 4.78 is 5.07. The molecule has 94 valence electrons. The molecular weight excluding hydrogens is 214 g/mol. The number of aliphatic hydroxyl groups is 1. The van der Waals surface area contributed by atoms with E-state index in [0.717, 1.165) is 17.7 Å². The molecule has 1 aromatic rings. The summed E-state index contributed by atoms with van der Waals surface area (Å²) in [6, 6.07) is 7.80. The molecule has 3 nitrogen and oxygen atoms in total. The van der Waals surface area contributed by atoms with Crippen molar-refractivity contribution in [3.05, 3.63) is 42.5 Å². The topological polar surface area (TPSA) is 41.5 Å². The number of aliphatic hydroxyl groups excluding tert-OH is 1. The zero-order valence-electron chi connectivity index (χ0n) is 10.5. The fraction of sp³-hybridized carbons (Fsp3) is 0.429. The van der Waals surface area contributed by atoms with Crippen LogP contribution in [0.15, 0.2) is 36.9 Å². The van der Waals surface area contributed by atoms with Crippen molar-refractivity contribution < 1.29 is 9.84 Å². The van der Waals surface area contributed by atoms with E-state index in [-0.39, 0.29) is 0 Å². The fourth-order valence-corrected chi connectivity index (χ4v) is 1.59. The second-order valence-electron chi connectivity index (χ2n) is 4.12. The zero-order valence-corrected chi connectivity index (χ0v) is 10.5. The number of methoxy groups -OCH3 is 1. The Bertz CT molecular complexity index is 335. The SMILES string of the molecule is C=CCC(C)NCC(O)c1ccc(OC)cc1.